The van der Waals surface area contributed by atoms with Gasteiger partial charge in [0.05, 0.1) is 23.1 Å². The highest BCUT2D eigenvalue weighted by Gasteiger charge is 2.21. The van der Waals surface area contributed by atoms with Crippen molar-refractivity contribution in [3.05, 3.63) is 82.4 Å². The number of rotatable bonds is 5. The Morgan fingerprint density at radius 3 is 2.54 bits per heavy atom. The normalized spacial score (nSPS) is 12.1. The van der Waals surface area contributed by atoms with E-state index in [1.165, 1.54) is 28.9 Å². The summed E-state index contributed by atoms with van der Waals surface area (Å²) < 4.78 is 41.7. The van der Waals surface area contributed by atoms with Gasteiger partial charge in [-0.3, -0.25) is 4.79 Å². The lowest BCUT2D eigenvalue weighted by Gasteiger charge is -2.13. The number of amides is 1. The van der Waals surface area contributed by atoms with Gasteiger partial charge in [0, 0.05) is 12.6 Å². The molecule has 2 N–H and O–H groups in total. The van der Waals surface area contributed by atoms with Gasteiger partial charge in [-0.05, 0) is 43.7 Å². The number of hydrogen-bond acceptors (Lipinski definition) is 3. The van der Waals surface area contributed by atoms with E-state index < -0.39 is 29.5 Å². The summed E-state index contributed by atoms with van der Waals surface area (Å²) in [4.78, 5) is 12.6. The number of aliphatic hydroxyl groups excluding tert-OH is 1. The number of hydrogen-bond donors (Lipinski definition) is 2. The van der Waals surface area contributed by atoms with Crippen LogP contribution in [0.2, 0.25) is 0 Å². The van der Waals surface area contributed by atoms with Crippen molar-refractivity contribution in [2.75, 3.05) is 6.54 Å². The number of benzene rings is 2. The molecular weight excluding hydrogens is 371 g/mol. The maximum atomic E-state index is 14.1. The Hall–Kier alpha value is -3.13. The van der Waals surface area contributed by atoms with Crippen LogP contribution < -0.4 is 5.32 Å². The van der Waals surface area contributed by atoms with Gasteiger partial charge in [0.15, 0.2) is 5.82 Å². The second-order valence-electron chi connectivity index (χ2n) is 6.33. The fourth-order valence-corrected chi connectivity index (χ4v) is 2.97. The number of aromatic nitrogens is 2. The van der Waals surface area contributed by atoms with Gasteiger partial charge in [0.1, 0.15) is 17.3 Å². The molecule has 1 heterocycles. The molecule has 8 heteroatoms. The minimum absolute atomic E-state index is 0.0147. The number of aliphatic hydroxyl groups is 1. The molecule has 0 saturated heterocycles. The summed E-state index contributed by atoms with van der Waals surface area (Å²) in [5.74, 6) is -2.53. The molecular formula is C20H18F3N3O2. The Kier molecular flexibility index (Phi) is 5.51. The maximum absolute atomic E-state index is 14.1. The van der Waals surface area contributed by atoms with Gasteiger partial charge in [-0.2, -0.15) is 5.10 Å². The standard InChI is InChI=1S/C20H18F3N3O2/c1-11-19(12(2)26(25-11)17-7-6-15(22)9-16(17)23)20(28)24-10-18(27)13-4-3-5-14(21)8-13/h3-9,18,27H,10H2,1-2H3,(H,24,28). The third-order valence-corrected chi connectivity index (χ3v) is 4.35. The average Bonchev–Trinajstić information content (AvgIpc) is 2.93. The second kappa shape index (κ2) is 7.85. The number of aryl methyl sites for hydroxylation is 1. The molecule has 3 aromatic rings. The molecule has 1 aromatic heterocycles. The maximum Gasteiger partial charge on any atom is 0.255 e. The zero-order valence-electron chi connectivity index (χ0n) is 15.2. The highest BCUT2D eigenvalue weighted by molar-refractivity contribution is 5.96. The van der Waals surface area contributed by atoms with Gasteiger partial charge in [0.25, 0.3) is 5.91 Å². The highest BCUT2D eigenvalue weighted by Crippen LogP contribution is 2.21. The molecule has 0 aliphatic rings. The van der Waals surface area contributed by atoms with Crippen LogP contribution in [0.1, 0.15) is 33.4 Å². The molecule has 0 aliphatic heterocycles. The van der Waals surface area contributed by atoms with Gasteiger partial charge >= 0.3 is 0 Å². The van der Waals surface area contributed by atoms with Crippen molar-refractivity contribution in [1.29, 1.82) is 0 Å². The van der Waals surface area contributed by atoms with Crippen LogP contribution in [0.5, 0.6) is 0 Å². The zero-order chi connectivity index (χ0) is 20.4. The lowest BCUT2D eigenvalue weighted by molar-refractivity contribution is 0.0915. The first kappa shape index (κ1) is 19.6. The van der Waals surface area contributed by atoms with Gasteiger partial charge in [-0.1, -0.05) is 12.1 Å². The van der Waals surface area contributed by atoms with Gasteiger partial charge < -0.3 is 10.4 Å². The number of carbonyl (C=O) groups excluding carboxylic acids is 1. The van der Waals surface area contributed by atoms with Crippen molar-refractivity contribution in [3.63, 3.8) is 0 Å². The SMILES string of the molecule is Cc1nn(-c2ccc(F)cc2F)c(C)c1C(=O)NCC(O)c1cccc(F)c1. The van der Waals surface area contributed by atoms with Gasteiger partial charge in [-0.15, -0.1) is 0 Å². The van der Waals surface area contributed by atoms with Crippen LogP contribution in [0.25, 0.3) is 5.69 Å². The van der Waals surface area contributed by atoms with Crippen molar-refractivity contribution >= 4 is 5.91 Å². The molecule has 0 spiro atoms. The van der Waals surface area contributed by atoms with E-state index in [4.69, 9.17) is 0 Å². The molecule has 0 fully saturated rings. The van der Waals surface area contributed by atoms with E-state index in [2.05, 4.69) is 10.4 Å². The number of nitrogens with zero attached hydrogens (tertiary/aromatic N) is 2. The summed E-state index contributed by atoms with van der Waals surface area (Å²) in [5, 5.41) is 16.9. The predicted molar refractivity (Wildman–Crippen MR) is 96.6 cm³/mol. The van der Waals surface area contributed by atoms with Crippen molar-refractivity contribution in [1.82, 2.24) is 15.1 Å². The molecule has 3 rings (SSSR count). The monoisotopic (exact) mass is 389 g/mol. The first-order valence-corrected chi connectivity index (χ1v) is 8.51. The Morgan fingerprint density at radius 1 is 1.14 bits per heavy atom. The molecule has 146 valence electrons. The van der Waals surface area contributed by atoms with Crippen LogP contribution in [0.4, 0.5) is 13.2 Å². The molecule has 28 heavy (non-hydrogen) atoms. The summed E-state index contributed by atoms with van der Waals surface area (Å²) in [7, 11) is 0. The minimum atomic E-state index is -1.09. The van der Waals surface area contributed by atoms with E-state index >= 15 is 0 Å². The highest BCUT2D eigenvalue weighted by atomic mass is 19.1. The van der Waals surface area contributed by atoms with Crippen molar-refractivity contribution in [3.8, 4) is 5.69 Å². The molecule has 5 nitrogen and oxygen atoms in total. The van der Waals surface area contributed by atoms with E-state index in [0.717, 1.165) is 12.1 Å². The third kappa shape index (κ3) is 3.91. The van der Waals surface area contributed by atoms with Crippen molar-refractivity contribution in [2.45, 2.75) is 20.0 Å². The molecule has 0 bridgehead atoms. The Labute approximate surface area is 159 Å². The van der Waals surface area contributed by atoms with E-state index in [1.54, 1.807) is 19.9 Å². The minimum Gasteiger partial charge on any atom is -0.387 e. The van der Waals surface area contributed by atoms with Gasteiger partial charge in [-0.25, -0.2) is 17.9 Å². The molecule has 0 aliphatic carbocycles. The Morgan fingerprint density at radius 2 is 1.86 bits per heavy atom. The molecule has 0 saturated carbocycles. The number of halogens is 3. The van der Waals surface area contributed by atoms with Crippen LogP contribution in [-0.4, -0.2) is 27.3 Å². The average molecular weight is 389 g/mol. The van der Waals surface area contributed by atoms with E-state index in [0.29, 0.717) is 17.0 Å². The molecule has 1 atom stereocenters. The first-order valence-electron chi connectivity index (χ1n) is 8.51. The van der Waals surface area contributed by atoms with E-state index in [9.17, 15) is 23.1 Å². The summed E-state index contributed by atoms with van der Waals surface area (Å²) in [6.45, 7) is 3.03. The van der Waals surface area contributed by atoms with Crippen LogP contribution in [-0.2, 0) is 0 Å². The quantitative estimate of drug-likeness (QED) is 0.703. The van der Waals surface area contributed by atoms with Crippen LogP contribution >= 0.6 is 0 Å². The topological polar surface area (TPSA) is 67.2 Å². The van der Waals surface area contributed by atoms with Crippen LogP contribution in [0, 0.1) is 31.3 Å². The van der Waals surface area contributed by atoms with Crippen LogP contribution in [0.15, 0.2) is 42.5 Å². The number of nitrogens with one attached hydrogen (secondary N) is 1. The fourth-order valence-electron chi connectivity index (χ4n) is 2.97. The molecule has 1 unspecified atom stereocenters. The zero-order valence-corrected chi connectivity index (χ0v) is 15.2. The van der Waals surface area contributed by atoms with E-state index in [1.807, 2.05) is 0 Å². The Balaban J connectivity index is 1.80. The fraction of sp³-hybridized carbons (Fsp3) is 0.200. The summed E-state index contributed by atoms with van der Waals surface area (Å²) in [6, 6.07) is 8.52. The lowest BCUT2D eigenvalue weighted by atomic mass is 10.1. The van der Waals surface area contributed by atoms with Crippen molar-refractivity contribution < 1.29 is 23.1 Å². The second-order valence-corrected chi connectivity index (χ2v) is 6.33. The van der Waals surface area contributed by atoms with E-state index in [-0.39, 0.29) is 17.8 Å². The van der Waals surface area contributed by atoms with Crippen molar-refractivity contribution in [2.24, 2.45) is 0 Å². The molecule has 0 radical (unpaired) electrons. The molecule has 1 amide bonds. The lowest BCUT2D eigenvalue weighted by Crippen LogP contribution is -2.29. The van der Waals surface area contributed by atoms with Gasteiger partial charge in [0.2, 0.25) is 0 Å². The predicted octanol–water partition coefficient (Wildman–Crippen LogP) is 3.37. The number of carbonyl (C=O) groups is 1. The molecule has 2 aromatic carbocycles. The summed E-state index contributed by atoms with van der Waals surface area (Å²) >= 11 is 0. The summed E-state index contributed by atoms with van der Waals surface area (Å²) in [6.07, 6.45) is -1.09. The van der Waals surface area contributed by atoms with Crippen LogP contribution in [0.3, 0.4) is 0 Å². The largest absolute Gasteiger partial charge is 0.387 e. The smallest absolute Gasteiger partial charge is 0.255 e. The Bertz CT molecular complexity index is 1030. The first-order chi connectivity index (χ1) is 13.3. The third-order valence-electron chi connectivity index (χ3n) is 4.35. The summed E-state index contributed by atoms with van der Waals surface area (Å²) in [5.41, 5.74) is 1.27.